The molecule has 3 aromatic rings. The van der Waals surface area contributed by atoms with Gasteiger partial charge in [0.15, 0.2) is 5.65 Å². The van der Waals surface area contributed by atoms with Crippen LogP contribution in [0.15, 0.2) is 48.8 Å². The Kier molecular flexibility index (Phi) is 5.63. The van der Waals surface area contributed by atoms with Crippen molar-refractivity contribution in [3.05, 3.63) is 65.6 Å². The van der Waals surface area contributed by atoms with Gasteiger partial charge in [0.05, 0.1) is 31.1 Å². The first-order valence-corrected chi connectivity index (χ1v) is 11.0. The summed E-state index contributed by atoms with van der Waals surface area (Å²) in [5, 5.41) is 3.11. The van der Waals surface area contributed by atoms with E-state index in [1.165, 1.54) is 10.5 Å². The van der Waals surface area contributed by atoms with Gasteiger partial charge in [-0.1, -0.05) is 30.3 Å². The van der Waals surface area contributed by atoms with Crippen molar-refractivity contribution in [2.45, 2.75) is 31.9 Å². The molecule has 8 heteroatoms. The number of hydrogen-bond donors (Lipinski definition) is 1. The van der Waals surface area contributed by atoms with Crippen molar-refractivity contribution < 1.29 is 14.3 Å². The van der Waals surface area contributed by atoms with Crippen LogP contribution < -0.4 is 10.2 Å². The van der Waals surface area contributed by atoms with Crippen LogP contribution in [0.4, 0.5) is 10.5 Å². The van der Waals surface area contributed by atoms with Crippen LogP contribution in [0.5, 0.6) is 0 Å². The van der Waals surface area contributed by atoms with Crippen LogP contribution in [0, 0.1) is 0 Å². The van der Waals surface area contributed by atoms with Gasteiger partial charge in [0.1, 0.15) is 6.54 Å². The highest BCUT2D eigenvalue weighted by Gasteiger charge is 2.38. The lowest BCUT2D eigenvalue weighted by Crippen LogP contribution is -2.35. The SMILES string of the molecule is CNCc1cn2cc(C3CC3)cc(N3CC(=O)N(CCOCc4ccccc4)C3=O)c2n1. The summed E-state index contributed by atoms with van der Waals surface area (Å²) in [7, 11) is 1.88. The van der Waals surface area contributed by atoms with E-state index in [2.05, 4.69) is 11.5 Å². The maximum Gasteiger partial charge on any atom is 0.331 e. The topological polar surface area (TPSA) is 79.2 Å². The zero-order chi connectivity index (χ0) is 22.1. The molecule has 2 aliphatic rings. The number of fused-ring (bicyclic) bond motifs is 1. The Labute approximate surface area is 186 Å². The lowest BCUT2D eigenvalue weighted by molar-refractivity contribution is -0.125. The largest absolute Gasteiger partial charge is 0.375 e. The van der Waals surface area contributed by atoms with Crippen LogP contribution in [0.25, 0.3) is 5.65 Å². The summed E-state index contributed by atoms with van der Waals surface area (Å²) in [6.07, 6.45) is 6.39. The second-order valence-corrected chi connectivity index (χ2v) is 8.38. The molecule has 0 atom stereocenters. The van der Waals surface area contributed by atoms with Crippen LogP contribution in [-0.4, -0.2) is 53.0 Å². The first kappa shape index (κ1) is 20.7. The Morgan fingerprint density at radius 1 is 1.16 bits per heavy atom. The summed E-state index contributed by atoms with van der Waals surface area (Å²) in [6.45, 7) is 1.65. The maximum atomic E-state index is 13.2. The van der Waals surface area contributed by atoms with E-state index in [1.54, 1.807) is 4.90 Å². The van der Waals surface area contributed by atoms with Gasteiger partial charge in [0.2, 0.25) is 0 Å². The molecular formula is C24H27N5O3. The van der Waals surface area contributed by atoms with Crippen LogP contribution >= 0.6 is 0 Å². The number of rotatable bonds is 9. The highest BCUT2D eigenvalue weighted by molar-refractivity contribution is 6.13. The van der Waals surface area contributed by atoms with E-state index < -0.39 is 0 Å². The number of nitrogens with one attached hydrogen (secondary N) is 1. The zero-order valence-electron chi connectivity index (χ0n) is 18.2. The van der Waals surface area contributed by atoms with Gasteiger partial charge in [-0.05, 0) is 43.0 Å². The first-order valence-electron chi connectivity index (χ1n) is 11.0. The molecule has 1 aliphatic carbocycles. The summed E-state index contributed by atoms with van der Waals surface area (Å²) >= 11 is 0. The number of nitrogens with zero attached hydrogens (tertiary/aromatic N) is 4. The third-order valence-electron chi connectivity index (χ3n) is 5.93. The second-order valence-electron chi connectivity index (χ2n) is 8.38. The number of ether oxygens (including phenoxy) is 1. The van der Waals surface area contributed by atoms with Crippen LogP contribution in [0.2, 0.25) is 0 Å². The second kappa shape index (κ2) is 8.72. The molecule has 8 nitrogen and oxygen atoms in total. The van der Waals surface area contributed by atoms with Crippen molar-refractivity contribution in [2.24, 2.45) is 0 Å². The molecule has 0 unspecified atom stereocenters. The van der Waals surface area contributed by atoms with Gasteiger partial charge in [0.25, 0.3) is 5.91 Å². The molecule has 32 heavy (non-hydrogen) atoms. The van der Waals surface area contributed by atoms with Crippen molar-refractivity contribution in [3.8, 4) is 0 Å². The molecule has 3 amide bonds. The summed E-state index contributed by atoms with van der Waals surface area (Å²) in [5.74, 6) is 0.305. The number of amides is 3. The van der Waals surface area contributed by atoms with Crippen molar-refractivity contribution in [1.82, 2.24) is 19.6 Å². The van der Waals surface area contributed by atoms with E-state index >= 15 is 0 Å². The van der Waals surface area contributed by atoms with Gasteiger partial charge in [-0.15, -0.1) is 0 Å². The van der Waals surface area contributed by atoms with Gasteiger partial charge >= 0.3 is 6.03 Å². The molecule has 166 valence electrons. The molecule has 3 heterocycles. The number of urea groups is 1. The van der Waals surface area contributed by atoms with Crippen LogP contribution in [-0.2, 0) is 22.7 Å². The van der Waals surface area contributed by atoms with E-state index in [0.717, 1.165) is 24.1 Å². The number of benzene rings is 1. The van der Waals surface area contributed by atoms with Crippen molar-refractivity contribution in [1.29, 1.82) is 0 Å². The van der Waals surface area contributed by atoms with Crippen LogP contribution in [0.1, 0.15) is 35.6 Å². The molecule has 1 aliphatic heterocycles. The monoisotopic (exact) mass is 433 g/mol. The lowest BCUT2D eigenvalue weighted by atomic mass is 10.1. The molecular weight excluding hydrogens is 406 g/mol. The van der Waals surface area contributed by atoms with Crippen molar-refractivity contribution in [3.63, 3.8) is 0 Å². The Hall–Kier alpha value is -3.23. The smallest absolute Gasteiger partial charge is 0.331 e. The highest BCUT2D eigenvalue weighted by Crippen LogP contribution is 2.42. The third kappa shape index (κ3) is 4.11. The summed E-state index contributed by atoms with van der Waals surface area (Å²) in [5.41, 5.74) is 4.53. The van der Waals surface area contributed by atoms with Crippen molar-refractivity contribution in [2.75, 3.05) is 31.6 Å². The number of carbonyl (C=O) groups excluding carboxylic acids is 2. The average Bonchev–Trinajstić information content (AvgIpc) is 3.51. The van der Waals surface area contributed by atoms with E-state index in [0.29, 0.717) is 37.0 Å². The third-order valence-corrected chi connectivity index (χ3v) is 5.93. The minimum absolute atomic E-state index is 0.0233. The van der Waals surface area contributed by atoms with E-state index in [1.807, 2.05) is 54.0 Å². The summed E-state index contributed by atoms with van der Waals surface area (Å²) in [6, 6.07) is 11.6. The number of pyridine rings is 1. The number of imide groups is 1. The van der Waals surface area contributed by atoms with Gasteiger partial charge in [0, 0.05) is 18.9 Å². The number of aromatic nitrogens is 2. The van der Waals surface area contributed by atoms with E-state index in [9.17, 15) is 9.59 Å². The van der Waals surface area contributed by atoms with Gasteiger partial charge in [-0.2, -0.15) is 0 Å². The maximum absolute atomic E-state index is 13.2. The van der Waals surface area contributed by atoms with Gasteiger partial charge < -0.3 is 14.5 Å². The Morgan fingerprint density at radius 3 is 2.72 bits per heavy atom. The molecule has 2 fully saturated rings. The molecule has 1 saturated carbocycles. The number of imidazole rings is 1. The number of anilines is 1. The molecule has 1 saturated heterocycles. The molecule has 0 radical (unpaired) electrons. The number of hydrogen-bond acceptors (Lipinski definition) is 5. The Balaban J connectivity index is 1.33. The normalized spacial score (nSPS) is 16.5. The molecule has 2 aromatic heterocycles. The quantitative estimate of drug-likeness (QED) is 0.415. The number of carbonyl (C=O) groups is 2. The lowest BCUT2D eigenvalue weighted by Gasteiger charge is -2.18. The minimum Gasteiger partial charge on any atom is -0.375 e. The fourth-order valence-electron chi connectivity index (χ4n) is 4.13. The van der Waals surface area contributed by atoms with Gasteiger partial charge in [-0.25, -0.2) is 9.78 Å². The van der Waals surface area contributed by atoms with Crippen LogP contribution in [0.3, 0.4) is 0 Å². The molecule has 1 N–H and O–H groups in total. The summed E-state index contributed by atoms with van der Waals surface area (Å²) in [4.78, 5) is 33.4. The fourth-order valence-corrected chi connectivity index (χ4v) is 4.13. The standard InChI is InChI=1S/C24H27N5O3/c1-25-12-20-14-27-13-19(18-7-8-18)11-21(23(27)26-20)29-15-22(30)28(24(29)31)9-10-32-16-17-5-3-2-4-6-17/h2-6,11,13-14,18,25H,7-10,12,15-16H2,1H3. The molecule has 0 spiro atoms. The molecule has 0 bridgehead atoms. The van der Waals surface area contributed by atoms with Crippen molar-refractivity contribution >= 4 is 23.3 Å². The average molecular weight is 434 g/mol. The Morgan fingerprint density at radius 2 is 1.97 bits per heavy atom. The summed E-state index contributed by atoms with van der Waals surface area (Å²) < 4.78 is 7.68. The fraction of sp³-hybridized carbons (Fsp3) is 0.375. The predicted octanol–water partition coefficient (Wildman–Crippen LogP) is 2.92. The van der Waals surface area contributed by atoms with E-state index in [-0.39, 0.29) is 25.0 Å². The Bertz CT molecular complexity index is 1140. The predicted molar refractivity (Wildman–Crippen MR) is 120 cm³/mol. The zero-order valence-corrected chi connectivity index (χ0v) is 18.2. The van der Waals surface area contributed by atoms with Gasteiger partial charge in [-0.3, -0.25) is 14.6 Å². The van der Waals surface area contributed by atoms with E-state index in [4.69, 9.17) is 9.72 Å². The highest BCUT2D eigenvalue weighted by atomic mass is 16.5. The first-order chi connectivity index (χ1) is 15.6. The molecule has 1 aromatic carbocycles. The minimum atomic E-state index is -0.314. The molecule has 5 rings (SSSR count).